The second-order valence-electron chi connectivity index (χ2n) is 5.37. The lowest BCUT2D eigenvalue weighted by Gasteiger charge is -2.07. The average molecular weight is 392 g/mol. The molecule has 0 heterocycles. The third kappa shape index (κ3) is 6.08. The van der Waals surface area contributed by atoms with Crippen LogP contribution in [0.25, 0.3) is 6.08 Å². The number of esters is 1. The topological polar surface area (TPSA) is 71.1 Å². The fraction of sp³-hybridized carbons (Fsp3) is 0.200. The zero-order valence-electron chi connectivity index (χ0n) is 15.2. The van der Waals surface area contributed by atoms with Gasteiger partial charge >= 0.3 is 12.6 Å². The standard InChI is InChI=1S/C20H18F2O6/c1-25-16-8-9-18(26-2)14(11-16)5-10-19(24)27-12-17(23)13-3-6-15(7-4-13)28-20(21)22/h3-11,20H,12H2,1-2H3/b10-5+. The fourth-order valence-corrected chi connectivity index (χ4v) is 2.22. The molecule has 8 heteroatoms. The van der Waals surface area contributed by atoms with Crippen LogP contribution in [0.2, 0.25) is 0 Å². The monoisotopic (exact) mass is 392 g/mol. The number of hydrogen-bond acceptors (Lipinski definition) is 6. The van der Waals surface area contributed by atoms with Crippen molar-refractivity contribution in [2.75, 3.05) is 20.8 Å². The van der Waals surface area contributed by atoms with Crippen molar-refractivity contribution in [3.05, 3.63) is 59.7 Å². The second kappa shape index (κ2) is 10.1. The van der Waals surface area contributed by atoms with Gasteiger partial charge in [-0.25, -0.2) is 4.79 Å². The maximum atomic E-state index is 12.1. The van der Waals surface area contributed by atoms with Gasteiger partial charge in [0, 0.05) is 17.2 Å². The average Bonchev–Trinajstić information content (AvgIpc) is 2.70. The lowest BCUT2D eigenvalue weighted by molar-refractivity contribution is -0.136. The Balaban J connectivity index is 1.93. The van der Waals surface area contributed by atoms with E-state index in [0.717, 1.165) is 6.08 Å². The van der Waals surface area contributed by atoms with Crippen LogP contribution in [0.4, 0.5) is 8.78 Å². The minimum atomic E-state index is -2.95. The number of Topliss-reactive ketones (excluding diaryl/α,β-unsaturated/α-hetero) is 1. The van der Waals surface area contributed by atoms with Crippen molar-refractivity contribution in [2.24, 2.45) is 0 Å². The Labute approximate surface area is 160 Å². The van der Waals surface area contributed by atoms with Crippen molar-refractivity contribution >= 4 is 17.8 Å². The molecule has 6 nitrogen and oxygen atoms in total. The molecule has 28 heavy (non-hydrogen) atoms. The maximum Gasteiger partial charge on any atom is 0.387 e. The van der Waals surface area contributed by atoms with Crippen LogP contribution in [0.1, 0.15) is 15.9 Å². The fourth-order valence-electron chi connectivity index (χ4n) is 2.22. The molecule has 0 unspecified atom stereocenters. The number of alkyl halides is 2. The highest BCUT2D eigenvalue weighted by Crippen LogP contribution is 2.25. The Morgan fingerprint density at radius 2 is 1.68 bits per heavy atom. The molecule has 2 aromatic rings. The zero-order chi connectivity index (χ0) is 20.5. The molecule has 2 aromatic carbocycles. The predicted molar refractivity (Wildman–Crippen MR) is 96.9 cm³/mol. The summed E-state index contributed by atoms with van der Waals surface area (Å²) in [5.74, 6) is -0.158. The van der Waals surface area contributed by atoms with Gasteiger partial charge in [-0.3, -0.25) is 4.79 Å². The summed E-state index contributed by atoms with van der Waals surface area (Å²) in [4.78, 5) is 23.9. The van der Waals surface area contributed by atoms with E-state index in [9.17, 15) is 18.4 Å². The number of ether oxygens (including phenoxy) is 4. The van der Waals surface area contributed by atoms with Gasteiger partial charge in [0.1, 0.15) is 17.2 Å². The molecule has 148 valence electrons. The quantitative estimate of drug-likeness (QED) is 0.368. The molecule has 0 aliphatic heterocycles. The highest BCUT2D eigenvalue weighted by atomic mass is 19.3. The summed E-state index contributed by atoms with van der Waals surface area (Å²) >= 11 is 0. The summed E-state index contributed by atoms with van der Waals surface area (Å²) in [7, 11) is 3.01. The summed E-state index contributed by atoms with van der Waals surface area (Å²) in [5.41, 5.74) is 0.799. The van der Waals surface area contributed by atoms with Gasteiger partial charge in [0.25, 0.3) is 0 Å². The number of carbonyl (C=O) groups excluding carboxylic acids is 2. The molecular weight excluding hydrogens is 374 g/mol. The highest BCUT2D eigenvalue weighted by molar-refractivity contribution is 5.99. The van der Waals surface area contributed by atoms with Crippen molar-refractivity contribution in [3.63, 3.8) is 0 Å². The van der Waals surface area contributed by atoms with Gasteiger partial charge in [-0.2, -0.15) is 8.78 Å². The van der Waals surface area contributed by atoms with E-state index in [2.05, 4.69) is 4.74 Å². The van der Waals surface area contributed by atoms with E-state index in [0.29, 0.717) is 17.1 Å². The Morgan fingerprint density at radius 3 is 2.29 bits per heavy atom. The molecule has 2 rings (SSSR count). The first-order valence-corrected chi connectivity index (χ1v) is 8.08. The molecule has 0 saturated carbocycles. The van der Waals surface area contributed by atoms with Crippen molar-refractivity contribution < 1.29 is 37.3 Å². The number of rotatable bonds is 9. The smallest absolute Gasteiger partial charge is 0.387 e. The summed E-state index contributed by atoms with van der Waals surface area (Å²) in [6, 6.07) is 10.2. The van der Waals surface area contributed by atoms with Crippen LogP contribution in [0.5, 0.6) is 17.2 Å². The molecule has 0 spiro atoms. The lowest BCUT2D eigenvalue weighted by Crippen LogP contribution is -2.12. The van der Waals surface area contributed by atoms with Gasteiger partial charge < -0.3 is 18.9 Å². The number of benzene rings is 2. The summed E-state index contributed by atoms with van der Waals surface area (Å²) < 4.78 is 43.6. The molecule has 0 bridgehead atoms. The molecule has 0 aliphatic carbocycles. The number of hydrogen-bond donors (Lipinski definition) is 0. The first-order valence-electron chi connectivity index (χ1n) is 8.08. The van der Waals surface area contributed by atoms with Crippen molar-refractivity contribution in [3.8, 4) is 17.2 Å². The van der Waals surface area contributed by atoms with E-state index in [1.807, 2.05) is 0 Å². The largest absolute Gasteiger partial charge is 0.497 e. The highest BCUT2D eigenvalue weighted by Gasteiger charge is 2.10. The summed E-state index contributed by atoms with van der Waals surface area (Å²) in [6.45, 7) is -3.44. The third-order valence-corrected chi connectivity index (χ3v) is 3.58. The zero-order valence-corrected chi connectivity index (χ0v) is 15.2. The minimum Gasteiger partial charge on any atom is -0.497 e. The van der Waals surface area contributed by atoms with Crippen LogP contribution in [-0.2, 0) is 9.53 Å². The Kier molecular flexibility index (Phi) is 7.50. The molecule has 0 N–H and O–H groups in total. The number of carbonyl (C=O) groups is 2. The van der Waals surface area contributed by atoms with Crippen LogP contribution >= 0.6 is 0 Å². The predicted octanol–water partition coefficient (Wildman–Crippen LogP) is 3.74. The van der Waals surface area contributed by atoms with Crippen LogP contribution < -0.4 is 14.2 Å². The van der Waals surface area contributed by atoms with Gasteiger partial charge in [-0.1, -0.05) is 0 Å². The number of ketones is 1. The normalized spacial score (nSPS) is 10.8. The van der Waals surface area contributed by atoms with E-state index in [-0.39, 0.29) is 11.3 Å². The van der Waals surface area contributed by atoms with Gasteiger partial charge in [0.15, 0.2) is 12.4 Å². The summed E-state index contributed by atoms with van der Waals surface area (Å²) in [5, 5.41) is 0. The maximum absolute atomic E-state index is 12.1. The van der Waals surface area contributed by atoms with E-state index in [1.54, 1.807) is 18.2 Å². The van der Waals surface area contributed by atoms with Gasteiger partial charge in [0.2, 0.25) is 0 Å². The van der Waals surface area contributed by atoms with Crippen LogP contribution in [0, 0.1) is 0 Å². The Bertz CT molecular complexity index is 846. The molecule has 0 aliphatic rings. The van der Waals surface area contributed by atoms with Crippen LogP contribution in [0.15, 0.2) is 48.5 Å². The van der Waals surface area contributed by atoms with Crippen molar-refractivity contribution in [1.82, 2.24) is 0 Å². The Hall–Kier alpha value is -3.42. The molecule has 0 saturated heterocycles. The number of halogens is 2. The summed E-state index contributed by atoms with van der Waals surface area (Å²) in [6.07, 6.45) is 2.63. The van der Waals surface area contributed by atoms with Gasteiger partial charge in [-0.15, -0.1) is 0 Å². The van der Waals surface area contributed by atoms with E-state index in [1.165, 1.54) is 44.6 Å². The van der Waals surface area contributed by atoms with E-state index >= 15 is 0 Å². The molecule has 0 amide bonds. The lowest BCUT2D eigenvalue weighted by atomic mass is 10.1. The van der Waals surface area contributed by atoms with E-state index < -0.39 is 25.0 Å². The Morgan fingerprint density at radius 1 is 1.00 bits per heavy atom. The molecule has 0 fully saturated rings. The van der Waals surface area contributed by atoms with Gasteiger partial charge in [0.05, 0.1) is 14.2 Å². The molecule has 0 radical (unpaired) electrons. The number of methoxy groups -OCH3 is 2. The van der Waals surface area contributed by atoms with Crippen molar-refractivity contribution in [1.29, 1.82) is 0 Å². The molecule has 0 aromatic heterocycles. The van der Waals surface area contributed by atoms with Crippen molar-refractivity contribution in [2.45, 2.75) is 6.61 Å². The second-order valence-corrected chi connectivity index (χ2v) is 5.37. The SMILES string of the molecule is COc1ccc(OC)c(/C=C/C(=O)OCC(=O)c2ccc(OC(F)F)cc2)c1. The first-order chi connectivity index (χ1) is 13.4. The van der Waals surface area contributed by atoms with Crippen LogP contribution in [0.3, 0.4) is 0 Å². The minimum absolute atomic E-state index is 0.0706. The van der Waals surface area contributed by atoms with Crippen LogP contribution in [-0.4, -0.2) is 39.2 Å². The first kappa shape index (κ1) is 20.9. The third-order valence-electron chi connectivity index (χ3n) is 3.58. The van der Waals surface area contributed by atoms with Gasteiger partial charge in [-0.05, 0) is 48.5 Å². The molecular formula is C20H18F2O6. The van der Waals surface area contributed by atoms with E-state index in [4.69, 9.17) is 14.2 Å². The molecule has 0 atom stereocenters.